The van der Waals surface area contributed by atoms with Gasteiger partial charge in [0.2, 0.25) is 0 Å². The van der Waals surface area contributed by atoms with Gasteiger partial charge in [-0.1, -0.05) is 19.1 Å². The second kappa shape index (κ2) is 8.29. The number of ether oxygens (including phenoxy) is 1. The fraction of sp³-hybridized carbons (Fsp3) is 0.600. The third-order valence-corrected chi connectivity index (χ3v) is 5.24. The zero-order valence-electron chi connectivity index (χ0n) is 12.9. The quantitative estimate of drug-likeness (QED) is 0.617. The number of thioether (sulfide) groups is 1. The molecule has 0 aromatic heterocycles. The Morgan fingerprint density at radius 1 is 1.30 bits per heavy atom. The average Bonchev–Trinajstić information content (AvgIpc) is 2.38. The standard InChI is InChI=1S/C15H25NO2S2/c1-6-19-13-9-7-12(8-10-13)14(11-18-5)16-20(17)15(2,3)4/h7-10,14,16H,6,11H2,1-5H3/t14-,20?/m1/s1. The molecule has 114 valence electrons. The van der Waals surface area contributed by atoms with E-state index in [4.69, 9.17) is 4.74 Å². The number of benzene rings is 1. The lowest BCUT2D eigenvalue weighted by Gasteiger charge is -2.28. The smallest absolute Gasteiger partial charge is 0.136 e. The molecule has 3 nitrogen and oxygen atoms in total. The summed E-state index contributed by atoms with van der Waals surface area (Å²) in [6.07, 6.45) is 0. The maximum Gasteiger partial charge on any atom is 0.136 e. The van der Waals surface area contributed by atoms with Gasteiger partial charge < -0.3 is 9.29 Å². The van der Waals surface area contributed by atoms with Crippen molar-refractivity contribution in [3.05, 3.63) is 29.8 Å². The number of hydrogen-bond acceptors (Lipinski definition) is 4. The highest BCUT2D eigenvalue weighted by Crippen LogP contribution is 2.23. The van der Waals surface area contributed by atoms with E-state index in [9.17, 15) is 4.55 Å². The van der Waals surface area contributed by atoms with Gasteiger partial charge in [-0.15, -0.1) is 16.5 Å². The van der Waals surface area contributed by atoms with Crippen molar-refractivity contribution in [1.29, 1.82) is 0 Å². The summed E-state index contributed by atoms with van der Waals surface area (Å²) in [6, 6.07) is 8.31. The topological polar surface area (TPSA) is 44.3 Å². The lowest BCUT2D eigenvalue weighted by atomic mass is 10.1. The Morgan fingerprint density at radius 2 is 1.90 bits per heavy atom. The minimum absolute atomic E-state index is 0.0549. The van der Waals surface area contributed by atoms with Crippen LogP contribution in [0.3, 0.4) is 0 Å². The largest absolute Gasteiger partial charge is 0.598 e. The molecular formula is C15H25NO2S2. The van der Waals surface area contributed by atoms with E-state index in [1.54, 1.807) is 7.11 Å². The lowest BCUT2D eigenvalue weighted by Crippen LogP contribution is -2.42. The van der Waals surface area contributed by atoms with Crippen LogP contribution in [-0.2, 0) is 16.1 Å². The Labute approximate surface area is 130 Å². The SMILES string of the molecule is CCSc1ccc([C@@H](COC)N[S+]([O-])C(C)(C)C)cc1. The lowest BCUT2D eigenvalue weighted by molar-refractivity contribution is 0.175. The maximum atomic E-state index is 12.2. The van der Waals surface area contributed by atoms with E-state index in [2.05, 4.69) is 35.9 Å². The van der Waals surface area contributed by atoms with Crippen LogP contribution in [0, 0.1) is 0 Å². The highest BCUT2D eigenvalue weighted by Gasteiger charge is 2.29. The Kier molecular flexibility index (Phi) is 7.40. The van der Waals surface area contributed by atoms with E-state index in [0.29, 0.717) is 6.61 Å². The molecule has 0 heterocycles. The summed E-state index contributed by atoms with van der Waals surface area (Å²) >= 11 is 0.702. The van der Waals surface area contributed by atoms with Gasteiger partial charge in [0.25, 0.3) is 0 Å². The molecule has 0 saturated heterocycles. The molecule has 5 heteroatoms. The van der Waals surface area contributed by atoms with Crippen molar-refractivity contribution < 1.29 is 9.29 Å². The van der Waals surface area contributed by atoms with Gasteiger partial charge in [0.1, 0.15) is 10.8 Å². The van der Waals surface area contributed by atoms with E-state index in [1.165, 1.54) is 4.90 Å². The zero-order valence-corrected chi connectivity index (χ0v) is 14.6. The van der Waals surface area contributed by atoms with Crippen molar-refractivity contribution in [2.45, 2.75) is 43.4 Å². The second-order valence-electron chi connectivity index (χ2n) is 5.51. The molecule has 0 aliphatic carbocycles. The van der Waals surface area contributed by atoms with Crippen LogP contribution >= 0.6 is 11.8 Å². The van der Waals surface area contributed by atoms with Gasteiger partial charge in [-0.25, -0.2) is 0 Å². The van der Waals surface area contributed by atoms with Crippen LogP contribution in [0.1, 0.15) is 39.3 Å². The third kappa shape index (κ3) is 5.66. The van der Waals surface area contributed by atoms with E-state index in [-0.39, 0.29) is 10.8 Å². The van der Waals surface area contributed by atoms with Gasteiger partial charge in [0.15, 0.2) is 0 Å². The monoisotopic (exact) mass is 315 g/mol. The van der Waals surface area contributed by atoms with Crippen molar-refractivity contribution in [1.82, 2.24) is 4.72 Å². The van der Waals surface area contributed by atoms with Crippen LogP contribution in [0.15, 0.2) is 29.2 Å². The van der Waals surface area contributed by atoms with Crippen molar-refractivity contribution in [2.24, 2.45) is 0 Å². The maximum absolute atomic E-state index is 12.2. The molecule has 20 heavy (non-hydrogen) atoms. The first kappa shape index (κ1) is 17.9. The third-order valence-electron chi connectivity index (χ3n) is 2.73. The molecule has 0 radical (unpaired) electrons. The van der Waals surface area contributed by atoms with Crippen LogP contribution in [0.5, 0.6) is 0 Å². The van der Waals surface area contributed by atoms with Crippen LogP contribution in [0.4, 0.5) is 0 Å². The molecule has 0 amide bonds. The average molecular weight is 316 g/mol. The zero-order chi connectivity index (χ0) is 15.2. The molecule has 0 spiro atoms. The molecule has 0 fully saturated rings. The molecule has 0 bridgehead atoms. The summed E-state index contributed by atoms with van der Waals surface area (Å²) in [5.41, 5.74) is 1.10. The van der Waals surface area contributed by atoms with Gasteiger partial charge in [-0.05, 0) is 44.2 Å². The highest BCUT2D eigenvalue weighted by molar-refractivity contribution is 7.99. The minimum Gasteiger partial charge on any atom is -0.598 e. The first-order valence-electron chi connectivity index (χ1n) is 6.78. The molecule has 1 unspecified atom stereocenters. The van der Waals surface area contributed by atoms with Gasteiger partial charge in [0, 0.05) is 23.4 Å². The van der Waals surface area contributed by atoms with Gasteiger partial charge >= 0.3 is 0 Å². The van der Waals surface area contributed by atoms with E-state index in [1.807, 2.05) is 32.5 Å². The van der Waals surface area contributed by atoms with Crippen molar-refractivity contribution in [3.63, 3.8) is 0 Å². The van der Waals surface area contributed by atoms with E-state index in [0.717, 1.165) is 11.3 Å². The predicted octanol–water partition coefficient (Wildman–Crippen LogP) is 3.54. The van der Waals surface area contributed by atoms with Crippen LogP contribution in [-0.4, -0.2) is 28.8 Å². The normalized spacial score (nSPS) is 15.1. The minimum atomic E-state index is -1.11. The van der Waals surface area contributed by atoms with Crippen molar-refractivity contribution in [3.8, 4) is 0 Å². The van der Waals surface area contributed by atoms with Gasteiger partial charge in [-0.3, -0.25) is 0 Å². The molecule has 0 aliphatic heterocycles. The molecule has 1 rings (SSSR count). The van der Waals surface area contributed by atoms with E-state index >= 15 is 0 Å². The molecular weight excluding hydrogens is 290 g/mol. The summed E-state index contributed by atoms with van der Waals surface area (Å²) in [4.78, 5) is 1.25. The molecule has 0 aliphatic rings. The van der Waals surface area contributed by atoms with Gasteiger partial charge in [-0.2, -0.15) is 0 Å². The van der Waals surface area contributed by atoms with E-state index < -0.39 is 11.4 Å². The van der Waals surface area contributed by atoms with Crippen molar-refractivity contribution >= 4 is 23.1 Å². The summed E-state index contributed by atoms with van der Waals surface area (Å²) < 4.78 is 20.4. The molecule has 1 N–H and O–H groups in total. The Hall–Kier alpha value is -0.200. The predicted molar refractivity (Wildman–Crippen MR) is 88.5 cm³/mol. The molecule has 1 aromatic rings. The van der Waals surface area contributed by atoms with Crippen LogP contribution < -0.4 is 4.72 Å². The fourth-order valence-electron chi connectivity index (χ4n) is 1.63. The summed E-state index contributed by atoms with van der Waals surface area (Å²) in [5.74, 6) is 1.06. The van der Waals surface area contributed by atoms with Crippen LogP contribution in [0.25, 0.3) is 0 Å². The van der Waals surface area contributed by atoms with Crippen molar-refractivity contribution in [2.75, 3.05) is 19.5 Å². The second-order valence-corrected chi connectivity index (χ2v) is 8.84. The van der Waals surface area contributed by atoms with Crippen LogP contribution in [0.2, 0.25) is 0 Å². The molecule has 1 aromatic carbocycles. The summed E-state index contributed by atoms with van der Waals surface area (Å²) in [5, 5.41) is 0. The molecule has 2 atom stereocenters. The summed E-state index contributed by atoms with van der Waals surface area (Å²) in [7, 11) is 1.66. The molecule has 0 saturated carbocycles. The Bertz CT molecular complexity index is 390. The Balaban J connectivity index is 2.79. The number of nitrogens with one attached hydrogen (secondary N) is 1. The van der Waals surface area contributed by atoms with Gasteiger partial charge in [0.05, 0.1) is 6.61 Å². The first-order valence-corrected chi connectivity index (χ1v) is 8.91. The number of rotatable bonds is 7. The first-order chi connectivity index (χ1) is 9.38. The Morgan fingerprint density at radius 3 is 2.35 bits per heavy atom. The summed E-state index contributed by atoms with van der Waals surface area (Å²) in [6.45, 7) is 8.52. The fourth-order valence-corrected chi connectivity index (χ4v) is 3.11. The number of hydrogen-bond donors (Lipinski definition) is 1. The highest BCUT2D eigenvalue weighted by atomic mass is 32.2. The number of methoxy groups -OCH3 is 1.